The van der Waals surface area contributed by atoms with Crippen molar-refractivity contribution in [2.75, 3.05) is 0 Å². The second-order valence-corrected chi connectivity index (χ2v) is 8.00. The fourth-order valence-electron chi connectivity index (χ4n) is 2.99. The number of rotatable bonds is 3. The molecule has 0 spiro atoms. The van der Waals surface area contributed by atoms with E-state index in [0.29, 0.717) is 15.1 Å². The number of nitrogens with one attached hydrogen (secondary N) is 1. The fraction of sp³-hybridized carbons (Fsp3) is 0.0909. The maximum Gasteiger partial charge on any atom is 0.264 e. The number of thioether (sulfide) groups is 1. The van der Waals surface area contributed by atoms with Gasteiger partial charge in [-0.15, -0.1) is 0 Å². The lowest BCUT2D eigenvalue weighted by molar-refractivity contribution is -0.115. The highest BCUT2D eigenvalue weighted by atomic mass is 35.5. The summed E-state index contributed by atoms with van der Waals surface area (Å²) in [5.41, 5.74) is 4.92. The molecule has 0 saturated carbocycles. The molecule has 4 nitrogen and oxygen atoms in total. The van der Waals surface area contributed by atoms with Gasteiger partial charge in [-0.1, -0.05) is 35.9 Å². The smallest absolute Gasteiger partial charge is 0.264 e. The van der Waals surface area contributed by atoms with Gasteiger partial charge in [0, 0.05) is 22.6 Å². The van der Waals surface area contributed by atoms with Crippen molar-refractivity contribution in [1.29, 1.82) is 0 Å². The normalized spacial score (nSPS) is 16.8. The standard InChI is InChI=1S/C22H18ClN3OS/c1-14-8-9-17(23)12-19(14)24-22-25-21(27)20(28-22)11-16-10-15(2)26(13-16)18-6-4-3-5-7-18/h3-13H,1-2H3,(H,24,25,27)/b20-11+. The minimum atomic E-state index is -0.145. The summed E-state index contributed by atoms with van der Waals surface area (Å²) in [7, 11) is 0. The lowest BCUT2D eigenvalue weighted by Gasteiger charge is -2.04. The highest BCUT2D eigenvalue weighted by molar-refractivity contribution is 8.18. The van der Waals surface area contributed by atoms with Crippen LogP contribution in [0.3, 0.4) is 0 Å². The number of hydrogen-bond donors (Lipinski definition) is 1. The van der Waals surface area contributed by atoms with Gasteiger partial charge in [-0.2, -0.15) is 0 Å². The molecule has 2 aromatic carbocycles. The first-order chi connectivity index (χ1) is 13.5. The summed E-state index contributed by atoms with van der Waals surface area (Å²) in [6.45, 7) is 4.01. The number of aryl methyl sites for hydroxylation is 2. The molecule has 0 atom stereocenters. The Morgan fingerprint density at radius 1 is 1.11 bits per heavy atom. The van der Waals surface area contributed by atoms with E-state index in [1.54, 1.807) is 6.07 Å². The molecule has 6 heteroatoms. The van der Waals surface area contributed by atoms with Crippen LogP contribution in [0.15, 0.2) is 70.7 Å². The Balaban J connectivity index is 1.60. The van der Waals surface area contributed by atoms with E-state index >= 15 is 0 Å². The quantitative estimate of drug-likeness (QED) is 0.571. The number of nitrogens with zero attached hydrogens (tertiary/aromatic N) is 2. The Labute approximate surface area is 172 Å². The monoisotopic (exact) mass is 407 g/mol. The van der Waals surface area contributed by atoms with Crippen LogP contribution in [0.1, 0.15) is 16.8 Å². The topological polar surface area (TPSA) is 46.4 Å². The van der Waals surface area contributed by atoms with Gasteiger partial charge >= 0.3 is 0 Å². The molecule has 1 N–H and O–H groups in total. The van der Waals surface area contributed by atoms with Crippen molar-refractivity contribution in [3.05, 3.63) is 87.5 Å². The number of amidine groups is 1. The van der Waals surface area contributed by atoms with Crippen LogP contribution in [0.25, 0.3) is 11.8 Å². The van der Waals surface area contributed by atoms with Gasteiger partial charge in [-0.05, 0) is 73.1 Å². The summed E-state index contributed by atoms with van der Waals surface area (Å²) in [5.74, 6) is -0.145. The lowest BCUT2D eigenvalue weighted by atomic mass is 10.2. The molecule has 0 bridgehead atoms. The molecule has 1 fully saturated rings. The maximum absolute atomic E-state index is 12.4. The summed E-state index contributed by atoms with van der Waals surface area (Å²) >= 11 is 7.39. The van der Waals surface area contributed by atoms with Gasteiger partial charge in [0.05, 0.1) is 10.6 Å². The number of para-hydroxylation sites is 1. The highest BCUT2D eigenvalue weighted by Crippen LogP contribution is 2.30. The molecule has 4 rings (SSSR count). The molecule has 1 aliphatic rings. The van der Waals surface area contributed by atoms with Gasteiger partial charge in [-0.3, -0.25) is 4.79 Å². The molecule has 0 radical (unpaired) electrons. The second kappa shape index (κ2) is 7.70. The zero-order valence-corrected chi connectivity index (χ0v) is 17.0. The van der Waals surface area contributed by atoms with Gasteiger partial charge in [0.2, 0.25) is 0 Å². The first-order valence-corrected chi connectivity index (χ1v) is 9.99. The second-order valence-electron chi connectivity index (χ2n) is 6.53. The minimum Gasteiger partial charge on any atom is -0.321 e. The Hall–Kier alpha value is -2.76. The van der Waals surface area contributed by atoms with E-state index in [4.69, 9.17) is 11.6 Å². The van der Waals surface area contributed by atoms with Crippen molar-refractivity contribution in [2.24, 2.45) is 4.99 Å². The van der Waals surface area contributed by atoms with Crippen LogP contribution in [-0.2, 0) is 4.79 Å². The molecule has 2 heterocycles. The summed E-state index contributed by atoms with van der Waals surface area (Å²) in [4.78, 5) is 17.5. The summed E-state index contributed by atoms with van der Waals surface area (Å²) in [6, 6.07) is 17.7. The number of carbonyl (C=O) groups is 1. The average Bonchev–Trinajstić information content (AvgIpc) is 3.21. The predicted molar refractivity (Wildman–Crippen MR) is 118 cm³/mol. The molecule has 0 aliphatic carbocycles. The molecule has 0 unspecified atom stereocenters. The number of hydrogen-bond acceptors (Lipinski definition) is 3. The van der Waals surface area contributed by atoms with Crippen LogP contribution < -0.4 is 5.32 Å². The molecule has 1 saturated heterocycles. The SMILES string of the molecule is Cc1ccc(Cl)cc1N=C1NC(=O)/C(=C\c2cc(C)n(-c3ccccc3)c2)S1. The van der Waals surface area contributed by atoms with Gasteiger partial charge in [-0.25, -0.2) is 4.99 Å². The molecule has 1 amide bonds. The van der Waals surface area contributed by atoms with Crippen molar-refractivity contribution in [2.45, 2.75) is 13.8 Å². The van der Waals surface area contributed by atoms with Crippen molar-refractivity contribution >= 4 is 46.2 Å². The number of halogens is 1. The van der Waals surface area contributed by atoms with Crippen molar-refractivity contribution < 1.29 is 4.79 Å². The zero-order chi connectivity index (χ0) is 19.7. The Kier molecular flexibility index (Phi) is 5.11. The van der Waals surface area contributed by atoms with Crippen molar-refractivity contribution in [3.63, 3.8) is 0 Å². The maximum atomic E-state index is 12.4. The van der Waals surface area contributed by atoms with E-state index in [0.717, 1.165) is 28.2 Å². The van der Waals surface area contributed by atoms with Crippen LogP contribution >= 0.6 is 23.4 Å². The van der Waals surface area contributed by atoms with E-state index in [9.17, 15) is 4.79 Å². The molecule has 1 aromatic heterocycles. The van der Waals surface area contributed by atoms with E-state index < -0.39 is 0 Å². The third-order valence-electron chi connectivity index (χ3n) is 4.41. The zero-order valence-electron chi connectivity index (χ0n) is 15.4. The van der Waals surface area contributed by atoms with Gasteiger partial charge in [0.25, 0.3) is 5.91 Å². The van der Waals surface area contributed by atoms with Crippen LogP contribution in [0.4, 0.5) is 5.69 Å². The van der Waals surface area contributed by atoms with Crippen molar-refractivity contribution in [3.8, 4) is 5.69 Å². The molecule has 3 aromatic rings. The lowest BCUT2D eigenvalue weighted by Crippen LogP contribution is -2.19. The van der Waals surface area contributed by atoms with Crippen LogP contribution in [-0.4, -0.2) is 15.6 Å². The fourth-order valence-corrected chi connectivity index (χ4v) is 3.99. The predicted octanol–water partition coefficient (Wildman–Crippen LogP) is 5.64. The number of benzene rings is 2. The van der Waals surface area contributed by atoms with E-state index in [1.807, 2.05) is 56.5 Å². The molecule has 1 aliphatic heterocycles. The van der Waals surface area contributed by atoms with Crippen LogP contribution in [0.5, 0.6) is 0 Å². The van der Waals surface area contributed by atoms with Gasteiger partial charge < -0.3 is 9.88 Å². The third kappa shape index (κ3) is 3.91. The Morgan fingerprint density at radius 2 is 1.89 bits per heavy atom. The van der Waals surface area contributed by atoms with Gasteiger partial charge in [0.1, 0.15) is 0 Å². The summed E-state index contributed by atoms with van der Waals surface area (Å²) in [5, 5.41) is 4.00. The average molecular weight is 408 g/mol. The van der Waals surface area contributed by atoms with Crippen LogP contribution in [0, 0.1) is 13.8 Å². The summed E-state index contributed by atoms with van der Waals surface area (Å²) < 4.78 is 2.11. The van der Waals surface area contributed by atoms with Gasteiger partial charge in [0.15, 0.2) is 5.17 Å². The highest BCUT2D eigenvalue weighted by Gasteiger charge is 2.24. The van der Waals surface area contributed by atoms with E-state index in [-0.39, 0.29) is 5.91 Å². The Morgan fingerprint density at radius 3 is 2.68 bits per heavy atom. The molecule has 28 heavy (non-hydrogen) atoms. The molecular weight excluding hydrogens is 390 g/mol. The van der Waals surface area contributed by atoms with E-state index in [2.05, 4.69) is 33.1 Å². The number of carbonyl (C=O) groups excluding carboxylic acids is 1. The number of aromatic nitrogens is 1. The number of aliphatic imine (C=N–C) groups is 1. The number of amides is 1. The third-order valence-corrected chi connectivity index (χ3v) is 5.55. The van der Waals surface area contributed by atoms with Crippen molar-refractivity contribution in [1.82, 2.24) is 9.88 Å². The minimum absolute atomic E-state index is 0.145. The molecule has 140 valence electrons. The first-order valence-electron chi connectivity index (χ1n) is 8.80. The Bertz CT molecular complexity index is 1120. The summed E-state index contributed by atoms with van der Waals surface area (Å²) in [6.07, 6.45) is 3.92. The molecular formula is C22H18ClN3OS. The van der Waals surface area contributed by atoms with E-state index in [1.165, 1.54) is 11.8 Å². The first kappa shape index (κ1) is 18.6. The van der Waals surface area contributed by atoms with Crippen LogP contribution in [0.2, 0.25) is 5.02 Å². The largest absolute Gasteiger partial charge is 0.321 e.